The molecule has 0 aromatic carbocycles. The van der Waals surface area contributed by atoms with Gasteiger partial charge in [0.2, 0.25) is 0 Å². The van der Waals surface area contributed by atoms with E-state index in [1.807, 2.05) is 13.8 Å². The van der Waals surface area contributed by atoms with Crippen LogP contribution in [0.3, 0.4) is 0 Å². The third-order valence-corrected chi connectivity index (χ3v) is 0. The van der Waals surface area contributed by atoms with Crippen LogP contribution in [0.1, 0.15) is 15.3 Å². The second-order valence-corrected chi connectivity index (χ2v) is 0.408. The highest BCUT2D eigenvalue weighted by Crippen LogP contribution is 1.28. The molecule has 0 rings (SSSR count). The average molecular weight is 79.2 g/mol. The van der Waals surface area contributed by atoms with Gasteiger partial charge in [0, 0.05) is 15.6 Å². The number of hydrogen-bond donors (Lipinski definition) is 0. The van der Waals surface area contributed by atoms with E-state index in [9.17, 15) is 0 Å². The van der Waals surface area contributed by atoms with Crippen LogP contribution in [0.25, 0.3) is 0 Å². The van der Waals surface area contributed by atoms with Crippen molar-refractivity contribution in [3.63, 3.8) is 0 Å². The molecule has 0 amide bonds. The zero-order valence-electron chi connectivity index (χ0n) is 4.41. The third-order valence-electron chi connectivity index (χ3n) is 0. The van der Waals surface area contributed by atoms with Crippen molar-refractivity contribution in [3.8, 4) is 0 Å². The summed E-state index contributed by atoms with van der Waals surface area (Å²) in [5.41, 5.74) is 0. The monoisotopic (exact) mass is 79.1 g/mol. The molecule has 0 aliphatic rings. The standard InChI is InChI=1S/C2H6O.C2H6.H2/c1-3-2;1-2;/h1-2H3;1-2H3;1H/i;;1+1. The molecule has 0 atom stereocenters. The van der Waals surface area contributed by atoms with Crippen molar-refractivity contribution in [3.05, 3.63) is 0 Å². The lowest BCUT2D eigenvalue weighted by atomic mass is 11.0. The molecular weight excluding hydrogens is 64.0 g/mol. The van der Waals surface area contributed by atoms with Crippen molar-refractivity contribution in [1.29, 1.82) is 0 Å². The Hall–Kier alpha value is -0.0400. The molecule has 0 spiro atoms. The molecule has 0 N–H and O–H groups in total. The van der Waals surface area contributed by atoms with Crippen LogP contribution < -0.4 is 0 Å². The molecule has 5 heavy (non-hydrogen) atoms. The lowest BCUT2D eigenvalue weighted by Crippen LogP contribution is -1.55. The summed E-state index contributed by atoms with van der Waals surface area (Å²) in [6.45, 7) is 4.00. The van der Waals surface area contributed by atoms with Crippen LogP contribution in [0.2, 0.25) is 0 Å². The first-order valence-corrected chi connectivity index (χ1v) is 1.82. The molecule has 0 unspecified atom stereocenters. The molecule has 0 saturated carbocycles. The van der Waals surface area contributed by atoms with Gasteiger partial charge in [-0.2, -0.15) is 0 Å². The number of rotatable bonds is 0. The summed E-state index contributed by atoms with van der Waals surface area (Å²) in [6, 6.07) is 0. The highest BCUT2D eigenvalue weighted by Gasteiger charge is 1.25. The van der Waals surface area contributed by atoms with Crippen molar-refractivity contribution in [2.24, 2.45) is 0 Å². The molecule has 0 saturated heterocycles. The van der Waals surface area contributed by atoms with Gasteiger partial charge in [-0.1, -0.05) is 13.8 Å². The molecule has 1 nitrogen and oxygen atoms in total. The molecule has 0 radical (unpaired) electrons. The summed E-state index contributed by atoms with van der Waals surface area (Å²) in [4.78, 5) is 0. The molecule has 0 heterocycles. The minimum atomic E-state index is 0. The minimum Gasteiger partial charge on any atom is -0.388 e. The Morgan fingerprint density at radius 2 is 1.20 bits per heavy atom. The van der Waals surface area contributed by atoms with E-state index in [0.717, 1.165) is 0 Å². The van der Waals surface area contributed by atoms with E-state index in [2.05, 4.69) is 4.74 Å². The SMILES string of the molecule is CC.COC.[2HH]. The van der Waals surface area contributed by atoms with Crippen LogP contribution in [0.4, 0.5) is 0 Å². The Kier molecular flexibility index (Phi) is 66.8. The zero-order chi connectivity index (χ0) is 4.71. The van der Waals surface area contributed by atoms with Gasteiger partial charge in [-0.05, 0) is 0 Å². The van der Waals surface area contributed by atoms with E-state index in [1.54, 1.807) is 14.2 Å². The van der Waals surface area contributed by atoms with Crippen molar-refractivity contribution < 1.29 is 6.16 Å². The highest BCUT2D eigenvalue weighted by atomic mass is 16.4. The van der Waals surface area contributed by atoms with Gasteiger partial charge in [0.25, 0.3) is 0 Å². The van der Waals surface area contributed by atoms with Crippen molar-refractivity contribution in [2.75, 3.05) is 14.2 Å². The van der Waals surface area contributed by atoms with E-state index < -0.39 is 0 Å². The van der Waals surface area contributed by atoms with Gasteiger partial charge in [0.15, 0.2) is 0 Å². The Morgan fingerprint density at radius 3 is 1.20 bits per heavy atom. The maximum Gasteiger partial charge on any atom is 0.0351 e. The fraction of sp³-hybridized carbons (Fsp3) is 1.00. The predicted molar refractivity (Wildman–Crippen MR) is 26.4 cm³/mol. The Balaban J connectivity index is -0.0000000275. The van der Waals surface area contributed by atoms with Gasteiger partial charge in [0.05, 0.1) is 0 Å². The molecule has 0 aromatic heterocycles. The van der Waals surface area contributed by atoms with Gasteiger partial charge in [-0.25, -0.2) is 0 Å². The lowest BCUT2D eigenvalue weighted by Gasteiger charge is -1.61. The van der Waals surface area contributed by atoms with E-state index in [0.29, 0.717) is 0 Å². The van der Waals surface area contributed by atoms with Gasteiger partial charge < -0.3 is 4.74 Å². The fourth-order valence-electron chi connectivity index (χ4n) is 0. The molecule has 1 heteroatoms. The lowest BCUT2D eigenvalue weighted by molar-refractivity contribution is 0.277. The van der Waals surface area contributed by atoms with Gasteiger partial charge in [-0.15, -0.1) is 0 Å². The first-order valence-electron chi connectivity index (χ1n) is 1.82. The Bertz CT molecular complexity index is 7.51. The van der Waals surface area contributed by atoms with Crippen LogP contribution >= 0.6 is 0 Å². The van der Waals surface area contributed by atoms with E-state index >= 15 is 0 Å². The normalized spacial score (nSPS) is 4.80. The fourth-order valence-corrected chi connectivity index (χ4v) is 0. The number of hydrogen-bond acceptors (Lipinski definition) is 1. The molecule has 0 aliphatic carbocycles. The molecule has 0 aromatic rings. The van der Waals surface area contributed by atoms with Crippen LogP contribution in [0.15, 0.2) is 0 Å². The van der Waals surface area contributed by atoms with Gasteiger partial charge >= 0.3 is 0 Å². The molecule has 0 fully saturated rings. The average Bonchev–Trinajstić information content (AvgIpc) is 1.46. The molecule has 0 bridgehead atoms. The second kappa shape index (κ2) is 37.6. The van der Waals surface area contributed by atoms with Crippen molar-refractivity contribution >= 4 is 0 Å². The Morgan fingerprint density at radius 1 is 1.20 bits per heavy atom. The first-order chi connectivity index (χ1) is 2.41. The quantitative estimate of drug-likeness (QED) is 0.428. The third kappa shape index (κ3) is 9510. The van der Waals surface area contributed by atoms with Crippen molar-refractivity contribution in [2.45, 2.75) is 13.8 Å². The zero-order valence-corrected chi connectivity index (χ0v) is 4.41. The largest absolute Gasteiger partial charge is 0.388 e. The summed E-state index contributed by atoms with van der Waals surface area (Å²) in [6.07, 6.45) is 0. The van der Waals surface area contributed by atoms with Crippen molar-refractivity contribution in [1.82, 2.24) is 0 Å². The smallest absolute Gasteiger partial charge is 0.0351 e. The van der Waals surface area contributed by atoms with Crippen LogP contribution in [-0.2, 0) is 4.74 Å². The van der Waals surface area contributed by atoms with E-state index in [4.69, 9.17) is 0 Å². The Labute approximate surface area is 35.4 Å². The summed E-state index contributed by atoms with van der Waals surface area (Å²) >= 11 is 0. The summed E-state index contributed by atoms with van der Waals surface area (Å²) < 4.78 is 4.25. The summed E-state index contributed by atoms with van der Waals surface area (Å²) in [5.74, 6) is 0. The topological polar surface area (TPSA) is 9.23 Å². The number of ether oxygens (including phenoxy) is 1. The minimum absolute atomic E-state index is 0. The van der Waals surface area contributed by atoms with E-state index in [1.165, 1.54) is 0 Å². The first kappa shape index (κ1) is 8.88. The highest BCUT2D eigenvalue weighted by molar-refractivity contribution is 3.56. The molecule has 0 aliphatic heterocycles. The molecular formula is C4H14O. The van der Waals surface area contributed by atoms with E-state index in [-0.39, 0.29) is 1.43 Å². The van der Waals surface area contributed by atoms with Gasteiger partial charge in [0.1, 0.15) is 0 Å². The summed E-state index contributed by atoms with van der Waals surface area (Å²) in [5, 5.41) is 0. The number of methoxy groups -OCH3 is 1. The second-order valence-electron chi connectivity index (χ2n) is 0.408. The van der Waals surface area contributed by atoms with Gasteiger partial charge in [-0.3, -0.25) is 0 Å². The maximum atomic E-state index is 4.25. The molecule has 36 valence electrons. The maximum absolute atomic E-state index is 4.25. The van der Waals surface area contributed by atoms with Crippen LogP contribution in [-0.4, -0.2) is 14.2 Å². The predicted octanol–water partition coefficient (Wildman–Crippen LogP) is 1.53. The van der Waals surface area contributed by atoms with Crippen LogP contribution in [0, 0.1) is 0 Å². The summed E-state index contributed by atoms with van der Waals surface area (Å²) in [7, 11) is 3.25. The van der Waals surface area contributed by atoms with Crippen LogP contribution in [0.5, 0.6) is 0 Å².